The maximum absolute atomic E-state index is 12.7. The number of nitrogens with one attached hydrogen (secondary N) is 1. The Morgan fingerprint density at radius 2 is 2.14 bits per heavy atom. The van der Waals surface area contributed by atoms with Crippen molar-refractivity contribution in [3.05, 3.63) is 76.5 Å². The molecule has 1 aromatic carbocycles. The van der Waals surface area contributed by atoms with Crippen LogP contribution in [0.5, 0.6) is 0 Å². The molecule has 1 atom stereocenters. The van der Waals surface area contributed by atoms with Crippen LogP contribution in [0.25, 0.3) is 0 Å². The standard InChI is InChI=1S/C21H15N5O2S/c22-12-14-6-1-3-9-17(14)23-20(27)25-19-16-8-2-4-10-18(16)24-21(28)26(19)13-15-7-5-11-29-15/h1-11,16H,13H2,(H,23,27)/b25-19+. The number of para-hydroxylation sites is 1. The SMILES string of the molecule is N#Cc1ccccc1NC(=O)/N=C1\C2C=CC=CC2=NC(=O)N1Cc1cccs1. The number of hydrogen-bond acceptors (Lipinski definition) is 4. The average molecular weight is 401 g/mol. The van der Waals surface area contributed by atoms with Crippen molar-refractivity contribution < 1.29 is 9.59 Å². The van der Waals surface area contributed by atoms with Crippen LogP contribution >= 0.6 is 11.3 Å². The number of urea groups is 2. The molecule has 2 heterocycles. The van der Waals surface area contributed by atoms with Crippen molar-refractivity contribution in [2.75, 3.05) is 5.32 Å². The maximum Gasteiger partial charge on any atom is 0.349 e. The summed E-state index contributed by atoms with van der Waals surface area (Å²) in [5.41, 5.74) is 1.24. The van der Waals surface area contributed by atoms with Gasteiger partial charge >= 0.3 is 12.1 Å². The van der Waals surface area contributed by atoms with Crippen LogP contribution in [0.4, 0.5) is 15.3 Å². The second-order valence-corrected chi connectivity index (χ2v) is 7.30. The number of anilines is 1. The molecule has 0 spiro atoms. The van der Waals surface area contributed by atoms with E-state index in [0.29, 0.717) is 22.8 Å². The van der Waals surface area contributed by atoms with E-state index in [1.54, 1.807) is 36.4 Å². The maximum atomic E-state index is 12.7. The van der Waals surface area contributed by atoms with Gasteiger partial charge in [0.2, 0.25) is 0 Å². The third kappa shape index (κ3) is 3.90. The quantitative estimate of drug-likeness (QED) is 0.827. The minimum absolute atomic E-state index is 0.280. The zero-order valence-corrected chi connectivity index (χ0v) is 16.0. The van der Waals surface area contributed by atoms with Crippen LogP contribution < -0.4 is 5.32 Å². The fraction of sp³-hybridized carbons (Fsp3) is 0.0952. The molecule has 1 unspecified atom stereocenters. The van der Waals surface area contributed by atoms with Crippen LogP contribution in [0.15, 0.2) is 76.1 Å². The number of carbonyl (C=O) groups is 2. The number of aliphatic imine (C=N–C) groups is 2. The van der Waals surface area contributed by atoms with Crippen molar-refractivity contribution >= 4 is 40.6 Å². The first-order valence-corrected chi connectivity index (χ1v) is 9.69. The van der Waals surface area contributed by atoms with Gasteiger partial charge in [0.25, 0.3) is 0 Å². The Morgan fingerprint density at radius 1 is 1.28 bits per heavy atom. The lowest BCUT2D eigenvalue weighted by atomic mass is 9.94. The van der Waals surface area contributed by atoms with Gasteiger partial charge in [0.15, 0.2) is 0 Å². The molecule has 142 valence electrons. The molecule has 1 aromatic heterocycles. The molecule has 0 fully saturated rings. The van der Waals surface area contributed by atoms with Gasteiger partial charge in [-0.2, -0.15) is 15.2 Å². The third-order valence-electron chi connectivity index (χ3n) is 4.41. The largest absolute Gasteiger partial charge is 0.349 e. The average Bonchev–Trinajstić information content (AvgIpc) is 3.24. The number of carbonyl (C=O) groups excluding carboxylic acids is 2. The summed E-state index contributed by atoms with van der Waals surface area (Å²) in [5.74, 6) is -0.0874. The van der Waals surface area contributed by atoms with Gasteiger partial charge in [-0.3, -0.25) is 4.90 Å². The number of fused-ring (bicyclic) bond motifs is 1. The number of nitriles is 1. The molecule has 8 heteroatoms. The lowest BCUT2D eigenvalue weighted by Crippen LogP contribution is -2.46. The summed E-state index contributed by atoms with van der Waals surface area (Å²) < 4.78 is 0. The van der Waals surface area contributed by atoms with Crippen LogP contribution in [0.2, 0.25) is 0 Å². The molecule has 0 saturated heterocycles. The van der Waals surface area contributed by atoms with Gasteiger partial charge < -0.3 is 5.32 Å². The molecule has 2 aliphatic rings. The van der Waals surface area contributed by atoms with E-state index >= 15 is 0 Å². The number of allylic oxidation sites excluding steroid dienone is 3. The van der Waals surface area contributed by atoms with Crippen molar-refractivity contribution in [1.82, 2.24) is 4.90 Å². The van der Waals surface area contributed by atoms with Crippen LogP contribution in [0.3, 0.4) is 0 Å². The summed E-state index contributed by atoms with van der Waals surface area (Å²) >= 11 is 1.51. The van der Waals surface area contributed by atoms with Crippen molar-refractivity contribution in [1.29, 1.82) is 5.26 Å². The fourth-order valence-corrected chi connectivity index (χ4v) is 3.76. The molecule has 2 aromatic rings. The topological polar surface area (TPSA) is 97.9 Å². The second kappa shape index (κ2) is 8.04. The molecule has 0 saturated carbocycles. The van der Waals surface area contributed by atoms with Crippen LogP contribution in [-0.2, 0) is 6.54 Å². The van der Waals surface area contributed by atoms with Crippen molar-refractivity contribution in [3.8, 4) is 6.07 Å². The van der Waals surface area contributed by atoms with E-state index in [-0.39, 0.29) is 6.54 Å². The zero-order chi connectivity index (χ0) is 20.2. The Kier molecular flexibility index (Phi) is 5.14. The molecule has 0 bridgehead atoms. The number of benzene rings is 1. The van der Waals surface area contributed by atoms with E-state index < -0.39 is 18.0 Å². The molecule has 1 aliphatic carbocycles. The van der Waals surface area contributed by atoms with Crippen LogP contribution in [0, 0.1) is 17.2 Å². The molecule has 0 radical (unpaired) electrons. The van der Waals surface area contributed by atoms with Gasteiger partial charge in [0, 0.05) is 4.88 Å². The first-order chi connectivity index (χ1) is 14.2. The number of amides is 4. The highest BCUT2D eigenvalue weighted by Crippen LogP contribution is 2.24. The van der Waals surface area contributed by atoms with Crippen LogP contribution in [0.1, 0.15) is 10.4 Å². The third-order valence-corrected chi connectivity index (χ3v) is 5.27. The van der Waals surface area contributed by atoms with Crippen molar-refractivity contribution in [2.24, 2.45) is 15.9 Å². The molecule has 7 nitrogen and oxygen atoms in total. The van der Waals surface area contributed by atoms with Gasteiger partial charge in [0.1, 0.15) is 11.9 Å². The lowest BCUT2D eigenvalue weighted by Gasteiger charge is -2.31. The van der Waals surface area contributed by atoms with Gasteiger partial charge in [0.05, 0.1) is 29.4 Å². The summed E-state index contributed by atoms with van der Waals surface area (Å²) in [6.45, 7) is 0.280. The van der Waals surface area contributed by atoms with E-state index in [2.05, 4.69) is 15.3 Å². The normalized spacial score (nSPS) is 18.9. The number of thiophene rings is 1. The Morgan fingerprint density at radius 3 is 2.93 bits per heavy atom. The molecular formula is C21H15N5O2S. The number of nitrogens with zero attached hydrogens (tertiary/aromatic N) is 4. The molecule has 29 heavy (non-hydrogen) atoms. The number of hydrogen-bond donors (Lipinski definition) is 1. The van der Waals surface area contributed by atoms with E-state index in [4.69, 9.17) is 0 Å². The Labute approximate surface area is 171 Å². The minimum Gasteiger partial charge on any atom is -0.305 e. The Balaban J connectivity index is 1.68. The number of rotatable bonds is 3. The molecule has 1 aliphatic heterocycles. The summed E-state index contributed by atoms with van der Waals surface area (Å²) in [4.78, 5) is 36.0. The summed E-state index contributed by atoms with van der Waals surface area (Å²) in [6.07, 6.45) is 7.21. The van der Waals surface area contributed by atoms with Crippen molar-refractivity contribution in [3.63, 3.8) is 0 Å². The number of amidine groups is 1. The van der Waals surface area contributed by atoms with Gasteiger partial charge in [-0.05, 0) is 29.7 Å². The first-order valence-electron chi connectivity index (χ1n) is 8.82. The smallest absolute Gasteiger partial charge is 0.305 e. The monoisotopic (exact) mass is 401 g/mol. The highest BCUT2D eigenvalue weighted by molar-refractivity contribution is 7.09. The van der Waals surface area contributed by atoms with E-state index in [1.165, 1.54) is 16.2 Å². The van der Waals surface area contributed by atoms with Gasteiger partial charge in [-0.1, -0.05) is 36.4 Å². The Bertz CT molecular complexity index is 1120. The van der Waals surface area contributed by atoms with E-state index in [0.717, 1.165) is 4.88 Å². The van der Waals surface area contributed by atoms with Gasteiger partial charge in [-0.25, -0.2) is 9.59 Å². The summed E-state index contributed by atoms with van der Waals surface area (Å²) in [6, 6.07) is 11.4. The Hall–Kier alpha value is -3.83. The minimum atomic E-state index is -0.657. The second-order valence-electron chi connectivity index (χ2n) is 6.26. The summed E-state index contributed by atoms with van der Waals surface area (Å²) in [7, 11) is 0. The lowest BCUT2D eigenvalue weighted by molar-refractivity contribution is 0.227. The van der Waals surface area contributed by atoms with Crippen LogP contribution in [-0.4, -0.2) is 28.5 Å². The predicted molar refractivity (Wildman–Crippen MR) is 112 cm³/mol. The summed E-state index contributed by atoms with van der Waals surface area (Å²) in [5, 5.41) is 13.8. The molecular weight excluding hydrogens is 386 g/mol. The highest BCUT2D eigenvalue weighted by atomic mass is 32.1. The van der Waals surface area contributed by atoms with Gasteiger partial charge in [-0.15, -0.1) is 11.3 Å². The van der Waals surface area contributed by atoms with E-state index in [1.807, 2.05) is 35.7 Å². The van der Waals surface area contributed by atoms with E-state index in [9.17, 15) is 14.9 Å². The predicted octanol–water partition coefficient (Wildman–Crippen LogP) is 4.37. The molecule has 4 amide bonds. The molecule has 4 rings (SSSR count). The highest BCUT2D eigenvalue weighted by Gasteiger charge is 2.34. The zero-order valence-electron chi connectivity index (χ0n) is 15.1. The first kappa shape index (κ1) is 18.5. The molecule has 1 N–H and O–H groups in total. The fourth-order valence-electron chi connectivity index (χ4n) is 3.07. The van der Waals surface area contributed by atoms with Crippen molar-refractivity contribution in [2.45, 2.75) is 6.54 Å².